The first kappa shape index (κ1) is 15.3. The lowest BCUT2D eigenvalue weighted by atomic mass is 10.2. The molecule has 0 radical (unpaired) electrons. The highest BCUT2D eigenvalue weighted by atomic mass is 16.2. The maximum absolute atomic E-state index is 12.4. The third kappa shape index (κ3) is 3.43. The first-order chi connectivity index (χ1) is 11.1. The number of aromatic nitrogens is 6. The smallest absolute Gasteiger partial charge is 0.244 e. The molecular weight excluding hydrogens is 296 g/mol. The fourth-order valence-corrected chi connectivity index (χ4v) is 2.58. The van der Waals surface area contributed by atoms with Gasteiger partial charge < -0.3 is 9.80 Å². The number of hydrogen-bond acceptors (Lipinski definition) is 7. The molecule has 1 fully saturated rings. The van der Waals surface area contributed by atoms with Crippen LogP contribution >= 0.6 is 0 Å². The van der Waals surface area contributed by atoms with E-state index in [9.17, 15) is 4.79 Å². The summed E-state index contributed by atoms with van der Waals surface area (Å²) in [5, 5.41) is 11.5. The van der Waals surface area contributed by atoms with Crippen molar-refractivity contribution in [3.63, 3.8) is 0 Å². The summed E-state index contributed by atoms with van der Waals surface area (Å²) in [6.07, 6.45) is 3.45. The Morgan fingerprint density at radius 1 is 1.17 bits per heavy atom. The molecular formula is C14H20N8O. The van der Waals surface area contributed by atoms with Gasteiger partial charge in [-0.2, -0.15) is 0 Å². The van der Waals surface area contributed by atoms with E-state index in [4.69, 9.17) is 0 Å². The molecule has 0 unspecified atom stereocenters. The number of anilines is 1. The molecule has 9 heteroatoms. The van der Waals surface area contributed by atoms with E-state index in [0.29, 0.717) is 19.0 Å². The molecule has 1 aliphatic heterocycles. The quantitative estimate of drug-likeness (QED) is 0.780. The summed E-state index contributed by atoms with van der Waals surface area (Å²) in [5.41, 5.74) is 0. The van der Waals surface area contributed by atoms with Crippen molar-refractivity contribution in [3.05, 3.63) is 24.3 Å². The van der Waals surface area contributed by atoms with Crippen molar-refractivity contribution in [2.45, 2.75) is 26.3 Å². The average molecular weight is 316 g/mol. The number of carbonyl (C=O) groups excluding carboxylic acids is 1. The Labute approximate surface area is 134 Å². The van der Waals surface area contributed by atoms with E-state index in [-0.39, 0.29) is 18.4 Å². The molecule has 122 valence electrons. The number of rotatable bonds is 4. The number of tetrazole rings is 1. The van der Waals surface area contributed by atoms with Crippen molar-refractivity contribution < 1.29 is 4.79 Å². The van der Waals surface area contributed by atoms with Crippen LogP contribution in [0.1, 0.15) is 25.6 Å². The normalized spacial score (nSPS) is 15.3. The minimum atomic E-state index is 0.0350. The molecule has 23 heavy (non-hydrogen) atoms. The minimum Gasteiger partial charge on any atom is -0.338 e. The van der Waals surface area contributed by atoms with Crippen molar-refractivity contribution >= 4 is 11.9 Å². The topological polar surface area (TPSA) is 92.9 Å². The Bertz CT molecular complexity index is 648. The van der Waals surface area contributed by atoms with E-state index in [1.807, 2.05) is 18.7 Å². The second-order valence-corrected chi connectivity index (χ2v) is 5.77. The van der Waals surface area contributed by atoms with Crippen LogP contribution in [-0.2, 0) is 11.3 Å². The van der Waals surface area contributed by atoms with E-state index < -0.39 is 0 Å². The largest absolute Gasteiger partial charge is 0.338 e. The zero-order chi connectivity index (χ0) is 16.2. The van der Waals surface area contributed by atoms with E-state index in [2.05, 4.69) is 30.4 Å². The number of piperazine rings is 1. The number of hydrogen-bond donors (Lipinski definition) is 0. The van der Waals surface area contributed by atoms with Crippen LogP contribution in [-0.4, -0.2) is 67.2 Å². The van der Waals surface area contributed by atoms with E-state index in [0.717, 1.165) is 18.9 Å². The monoisotopic (exact) mass is 316 g/mol. The van der Waals surface area contributed by atoms with Crippen LogP contribution in [0.3, 0.4) is 0 Å². The van der Waals surface area contributed by atoms with Crippen LogP contribution in [0.5, 0.6) is 0 Å². The van der Waals surface area contributed by atoms with E-state index in [1.165, 1.54) is 0 Å². The predicted molar refractivity (Wildman–Crippen MR) is 82.7 cm³/mol. The molecule has 0 aliphatic carbocycles. The SMILES string of the molecule is CC(C)c1nnnn1CC(=O)N1CCN(c2ncccn2)CC1. The fourth-order valence-electron chi connectivity index (χ4n) is 2.58. The molecule has 3 heterocycles. The Balaban J connectivity index is 1.57. The molecule has 0 aromatic carbocycles. The van der Waals surface area contributed by atoms with Gasteiger partial charge in [-0.1, -0.05) is 13.8 Å². The standard InChI is InChI=1S/C14H20N8O/c1-11(2)13-17-18-19-22(13)10-12(23)20-6-8-21(9-7-20)14-15-4-3-5-16-14/h3-5,11H,6-10H2,1-2H3. The van der Waals surface area contributed by atoms with Crippen LogP contribution < -0.4 is 4.90 Å². The molecule has 1 amide bonds. The highest BCUT2D eigenvalue weighted by Gasteiger charge is 2.23. The zero-order valence-electron chi connectivity index (χ0n) is 13.3. The van der Waals surface area contributed by atoms with Gasteiger partial charge in [0, 0.05) is 44.5 Å². The van der Waals surface area contributed by atoms with Gasteiger partial charge in [0.05, 0.1) is 0 Å². The summed E-state index contributed by atoms with van der Waals surface area (Å²) >= 11 is 0. The fraction of sp³-hybridized carbons (Fsp3) is 0.571. The maximum atomic E-state index is 12.4. The van der Waals surface area contributed by atoms with Gasteiger partial charge in [0.25, 0.3) is 0 Å². The lowest BCUT2D eigenvalue weighted by molar-refractivity contribution is -0.132. The Kier molecular flexibility index (Phi) is 4.45. The van der Waals surface area contributed by atoms with Crippen LogP contribution in [0.15, 0.2) is 18.5 Å². The van der Waals surface area contributed by atoms with Gasteiger partial charge in [0.15, 0.2) is 5.82 Å². The van der Waals surface area contributed by atoms with Crippen LogP contribution in [0.4, 0.5) is 5.95 Å². The van der Waals surface area contributed by atoms with Gasteiger partial charge in [0.1, 0.15) is 6.54 Å². The molecule has 9 nitrogen and oxygen atoms in total. The summed E-state index contributed by atoms with van der Waals surface area (Å²) in [6, 6.07) is 1.79. The van der Waals surface area contributed by atoms with Crippen molar-refractivity contribution in [2.24, 2.45) is 0 Å². The average Bonchev–Trinajstić information content (AvgIpc) is 3.04. The lowest BCUT2D eigenvalue weighted by Crippen LogP contribution is -2.50. The third-order valence-corrected chi connectivity index (χ3v) is 3.83. The van der Waals surface area contributed by atoms with Crippen LogP contribution in [0.25, 0.3) is 0 Å². The highest BCUT2D eigenvalue weighted by Crippen LogP contribution is 2.12. The molecule has 0 atom stereocenters. The summed E-state index contributed by atoms with van der Waals surface area (Å²) in [6.45, 7) is 6.94. The molecule has 0 saturated carbocycles. The molecule has 0 spiro atoms. The first-order valence-corrected chi connectivity index (χ1v) is 7.71. The van der Waals surface area contributed by atoms with Crippen molar-refractivity contribution in [1.29, 1.82) is 0 Å². The van der Waals surface area contributed by atoms with Gasteiger partial charge in [-0.05, 0) is 16.5 Å². The maximum Gasteiger partial charge on any atom is 0.244 e. The Morgan fingerprint density at radius 2 is 1.87 bits per heavy atom. The molecule has 2 aromatic heterocycles. The summed E-state index contributed by atoms with van der Waals surface area (Å²) in [5.74, 6) is 1.66. The first-order valence-electron chi connectivity index (χ1n) is 7.71. The summed E-state index contributed by atoms with van der Waals surface area (Å²) < 4.78 is 1.58. The molecule has 1 saturated heterocycles. The second-order valence-electron chi connectivity index (χ2n) is 5.77. The number of amides is 1. The third-order valence-electron chi connectivity index (χ3n) is 3.83. The van der Waals surface area contributed by atoms with Crippen molar-refractivity contribution in [3.8, 4) is 0 Å². The number of carbonyl (C=O) groups is 1. The molecule has 0 bridgehead atoms. The van der Waals surface area contributed by atoms with Gasteiger partial charge in [0.2, 0.25) is 11.9 Å². The highest BCUT2D eigenvalue weighted by molar-refractivity contribution is 5.76. The zero-order valence-corrected chi connectivity index (χ0v) is 13.3. The van der Waals surface area contributed by atoms with Crippen molar-refractivity contribution in [2.75, 3.05) is 31.1 Å². The lowest BCUT2D eigenvalue weighted by Gasteiger charge is -2.34. The summed E-state index contributed by atoms with van der Waals surface area (Å²) in [4.78, 5) is 24.9. The minimum absolute atomic E-state index is 0.0350. The predicted octanol–water partition coefficient (Wildman–Crippen LogP) is -0.0647. The van der Waals surface area contributed by atoms with E-state index in [1.54, 1.807) is 23.1 Å². The van der Waals surface area contributed by atoms with Crippen molar-refractivity contribution in [1.82, 2.24) is 35.1 Å². The molecule has 1 aliphatic rings. The van der Waals surface area contributed by atoms with Crippen LogP contribution in [0, 0.1) is 0 Å². The van der Waals surface area contributed by atoms with Gasteiger partial charge >= 0.3 is 0 Å². The second kappa shape index (κ2) is 6.67. The molecule has 0 N–H and O–H groups in total. The molecule has 3 rings (SSSR count). The Morgan fingerprint density at radius 3 is 2.52 bits per heavy atom. The Hall–Kier alpha value is -2.58. The van der Waals surface area contributed by atoms with Gasteiger partial charge in [-0.25, -0.2) is 14.6 Å². The van der Waals surface area contributed by atoms with Gasteiger partial charge in [-0.15, -0.1) is 5.10 Å². The van der Waals surface area contributed by atoms with Crippen LogP contribution in [0.2, 0.25) is 0 Å². The number of nitrogens with zero attached hydrogens (tertiary/aromatic N) is 8. The van der Waals surface area contributed by atoms with Gasteiger partial charge in [-0.3, -0.25) is 4.79 Å². The van der Waals surface area contributed by atoms with E-state index >= 15 is 0 Å². The summed E-state index contributed by atoms with van der Waals surface area (Å²) in [7, 11) is 0. The molecule has 2 aromatic rings.